The van der Waals surface area contributed by atoms with Gasteiger partial charge in [0.1, 0.15) is 0 Å². The van der Waals surface area contributed by atoms with Gasteiger partial charge in [-0.2, -0.15) is 0 Å². The van der Waals surface area contributed by atoms with Crippen LogP contribution in [0.25, 0.3) is 0 Å². The molecule has 1 aromatic rings. The molecule has 0 radical (unpaired) electrons. The molecule has 1 aromatic heterocycles. The predicted octanol–water partition coefficient (Wildman–Crippen LogP) is 0.236. The molecule has 0 bridgehead atoms. The second-order valence-electron chi connectivity index (χ2n) is 4.91. The maximum Gasteiger partial charge on any atom is 0.255 e. The van der Waals surface area contributed by atoms with Gasteiger partial charge in [0, 0.05) is 37.7 Å². The molecule has 2 heterocycles. The minimum absolute atomic E-state index is 0.0490. The van der Waals surface area contributed by atoms with E-state index in [0.717, 1.165) is 19.4 Å². The molecule has 0 aromatic carbocycles. The van der Waals surface area contributed by atoms with E-state index in [0.29, 0.717) is 17.7 Å². The smallest absolute Gasteiger partial charge is 0.255 e. The minimum Gasteiger partial charge on any atom is -0.396 e. The molecule has 1 unspecified atom stereocenters. The van der Waals surface area contributed by atoms with Crippen molar-refractivity contribution in [2.45, 2.75) is 12.8 Å². The van der Waals surface area contributed by atoms with Crippen molar-refractivity contribution in [1.29, 1.82) is 0 Å². The summed E-state index contributed by atoms with van der Waals surface area (Å²) in [6, 6.07) is 1.74. The number of aliphatic hydroxyl groups is 1. The number of carbonyl (C=O) groups is 1. The molecule has 0 spiro atoms. The first-order valence-electron chi connectivity index (χ1n) is 6.78. The lowest BCUT2D eigenvalue weighted by Gasteiger charge is -2.31. The van der Waals surface area contributed by atoms with Gasteiger partial charge in [0.15, 0.2) is 0 Å². The lowest BCUT2D eigenvalue weighted by atomic mass is 9.98. The van der Waals surface area contributed by atoms with Crippen molar-refractivity contribution >= 4 is 5.91 Å². The van der Waals surface area contributed by atoms with Crippen LogP contribution in [0.1, 0.15) is 28.8 Å². The Hall–Kier alpha value is -1.90. The van der Waals surface area contributed by atoms with Crippen LogP contribution in [0.4, 0.5) is 0 Å². The SMILES string of the molecule is NCC#Cc1cncc(C(=O)N2CCCC(CO)C2)c1. The summed E-state index contributed by atoms with van der Waals surface area (Å²) < 4.78 is 0. The van der Waals surface area contributed by atoms with E-state index in [2.05, 4.69) is 16.8 Å². The van der Waals surface area contributed by atoms with E-state index in [9.17, 15) is 9.90 Å². The first kappa shape index (κ1) is 14.5. The second kappa shape index (κ2) is 7.04. The van der Waals surface area contributed by atoms with Crippen LogP contribution in [0.5, 0.6) is 0 Å². The van der Waals surface area contributed by atoms with Crippen LogP contribution in [0.2, 0.25) is 0 Å². The van der Waals surface area contributed by atoms with Crippen LogP contribution in [0.15, 0.2) is 18.5 Å². The minimum atomic E-state index is -0.0490. The third kappa shape index (κ3) is 3.56. The molecule has 3 N–H and O–H groups in total. The van der Waals surface area contributed by atoms with Gasteiger partial charge in [-0.1, -0.05) is 11.8 Å². The fourth-order valence-corrected chi connectivity index (χ4v) is 2.36. The summed E-state index contributed by atoms with van der Waals surface area (Å²) in [5.41, 5.74) is 6.56. The molecule has 0 aliphatic carbocycles. The molecule has 5 heteroatoms. The summed E-state index contributed by atoms with van der Waals surface area (Å²) in [7, 11) is 0. The van der Waals surface area contributed by atoms with Gasteiger partial charge in [-0.15, -0.1) is 0 Å². The highest BCUT2D eigenvalue weighted by atomic mass is 16.3. The van der Waals surface area contributed by atoms with E-state index in [1.54, 1.807) is 23.4 Å². The van der Waals surface area contributed by atoms with Crippen LogP contribution in [0, 0.1) is 17.8 Å². The summed E-state index contributed by atoms with van der Waals surface area (Å²) in [5.74, 6) is 5.75. The number of hydrogen-bond donors (Lipinski definition) is 2. The normalized spacial score (nSPS) is 18.3. The van der Waals surface area contributed by atoms with E-state index < -0.39 is 0 Å². The molecule has 1 aliphatic rings. The number of pyridine rings is 1. The molecule has 1 fully saturated rings. The maximum absolute atomic E-state index is 12.4. The molecule has 0 saturated carbocycles. The zero-order valence-electron chi connectivity index (χ0n) is 11.4. The number of hydrogen-bond acceptors (Lipinski definition) is 4. The third-order valence-corrected chi connectivity index (χ3v) is 3.38. The van der Waals surface area contributed by atoms with Gasteiger partial charge in [0.2, 0.25) is 0 Å². The lowest BCUT2D eigenvalue weighted by molar-refractivity contribution is 0.0620. The number of carbonyl (C=O) groups excluding carboxylic acids is 1. The Morgan fingerprint density at radius 2 is 2.40 bits per heavy atom. The summed E-state index contributed by atoms with van der Waals surface area (Å²) in [5, 5.41) is 9.22. The fraction of sp³-hybridized carbons (Fsp3) is 0.467. The van der Waals surface area contributed by atoms with Gasteiger partial charge in [-0.25, -0.2) is 0 Å². The zero-order valence-corrected chi connectivity index (χ0v) is 11.4. The van der Waals surface area contributed by atoms with Crippen molar-refractivity contribution in [3.63, 3.8) is 0 Å². The van der Waals surface area contributed by atoms with Crippen molar-refractivity contribution < 1.29 is 9.90 Å². The Labute approximate surface area is 118 Å². The van der Waals surface area contributed by atoms with Crippen molar-refractivity contribution in [2.75, 3.05) is 26.2 Å². The van der Waals surface area contributed by atoms with Gasteiger partial charge in [-0.3, -0.25) is 9.78 Å². The molecule has 106 valence electrons. The van der Waals surface area contributed by atoms with Crippen LogP contribution >= 0.6 is 0 Å². The van der Waals surface area contributed by atoms with Gasteiger partial charge in [0.05, 0.1) is 12.1 Å². The fourth-order valence-electron chi connectivity index (χ4n) is 2.36. The Morgan fingerprint density at radius 3 is 3.15 bits per heavy atom. The van der Waals surface area contributed by atoms with Crippen molar-refractivity contribution in [2.24, 2.45) is 11.7 Å². The molecule has 1 atom stereocenters. The highest BCUT2D eigenvalue weighted by Gasteiger charge is 2.24. The average molecular weight is 273 g/mol. The molecule has 1 saturated heterocycles. The number of aliphatic hydroxyl groups excluding tert-OH is 1. The molecule has 20 heavy (non-hydrogen) atoms. The average Bonchev–Trinajstić information content (AvgIpc) is 2.52. The third-order valence-electron chi connectivity index (χ3n) is 3.38. The number of likely N-dealkylation sites (tertiary alicyclic amines) is 1. The summed E-state index contributed by atoms with van der Waals surface area (Å²) >= 11 is 0. The van der Waals surface area contributed by atoms with Gasteiger partial charge in [0.25, 0.3) is 5.91 Å². The number of nitrogens with zero attached hydrogens (tertiary/aromatic N) is 2. The van der Waals surface area contributed by atoms with Gasteiger partial charge >= 0.3 is 0 Å². The Kier molecular flexibility index (Phi) is 5.10. The van der Waals surface area contributed by atoms with Gasteiger partial charge < -0.3 is 15.7 Å². The monoisotopic (exact) mass is 273 g/mol. The molecule has 2 rings (SSSR count). The zero-order chi connectivity index (χ0) is 14.4. The number of piperidine rings is 1. The second-order valence-corrected chi connectivity index (χ2v) is 4.91. The van der Waals surface area contributed by atoms with Crippen LogP contribution in [-0.2, 0) is 0 Å². The first-order chi connectivity index (χ1) is 9.74. The largest absolute Gasteiger partial charge is 0.396 e. The number of amides is 1. The van der Waals surface area contributed by atoms with E-state index in [4.69, 9.17) is 5.73 Å². The van der Waals surface area contributed by atoms with Crippen molar-refractivity contribution in [1.82, 2.24) is 9.88 Å². The van der Waals surface area contributed by atoms with Gasteiger partial charge in [-0.05, 0) is 24.8 Å². The molecule has 5 nitrogen and oxygen atoms in total. The predicted molar refractivity (Wildman–Crippen MR) is 75.9 cm³/mol. The highest BCUT2D eigenvalue weighted by molar-refractivity contribution is 5.94. The Balaban J connectivity index is 2.12. The number of rotatable bonds is 2. The van der Waals surface area contributed by atoms with E-state index in [1.807, 2.05) is 0 Å². The standard InChI is InChI=1S/C15H19N3O2/c16-5-1-3-12-7-14(9-17-8-12)15(20)18-6-2-4-13(10-18)11-19/h7-9,13,19H,2,4-6,10-11,16H2. The quantitative estimate of drug-likeness (QED) is 0.756. The molecular formula is C15H19N3O2. The highest BCUT2D eigenvalue weighted by Crippen LogP contribution is 2.18. The summed E-state index contributed by atoms with van der Waals surface area (Å²) in [6.07, 6.45) is 5.07. The van der Waals surface area contributed by atoms with Crippen LogP contribution in [0.3, 0.4) is 0 Å². The maximum atomic E-state index is 12.4. The number of aromatic nitrogens is 1. The van der Waals surface area contributed by atoms with Crippen LogP contribution < -0.4 is 5.73 Å². The summed E-state index contributed by atoms with van der Waals surface area (Å²) in [6.45, 7) is 1.74. The summed E-state index contributed by atoms with van der Waals surface area (Å²) in [4.78, 5) is 18.3. The Bertz CT molecular complexity index is 533. The van der Waals surface area contributed by atoms with E-state index in [1.165, 1.54) is 0 Å². The lowest BCUT2D eigenvalue weighted by Crippen LogP contribution is -2.41. The van der Waals surface area contributed by atoms with Crippen molar-refractivity contribution in [3.05, 3.63) is 29.6 Å². The number of nitrogens with two attached hydrogens (primary N) is 1. The van der Waals surface area contributed by atoms with Crippen LogP contribution in [-0.4, -0.2) is 47.1 Å². The van der Waals surface area contributed by atoms with E-state index in [-0.39, 0.29) is 25.0 Å². The first-order valence-corrected chi connectivity index (χ1v) is 6.78. The Morgan fingerprint density at radius 1 is 1.55 bits per heavy atom. The molecule has 1 aliphatic heterocycles. The van der Waals surface area contributed by atoms with E-state index >= 15 is 0 Å². The molecular weight excluding hydrogens is 254 g/mol. The van der Waals surface area contributed by atoms with Crippen molar-refractivity contribution in [3.8, 4) is 11.8 Å². The topological polar surface area (TPSA) is 79.5 Å². The molecule has 1 amide bonds.